The third-order valence-corrected chi connectivity index (χ3v) is 2.55. The van der Waals surface area contributed by atoms with E-state index in [0.29, 0.717) is 0 Å². The van der Waals surface area contributed by atoms with Gasteiger partial charge < -0.3 is 5.73 Å². The highest BCUT2D eigenvalue weighted by atomic mass is 15.1. The standard InChI is InChI=1S/C12H20N2/c1-3-14(9-8-13)10-12-7-5-4-6-11(12)2/h4-7H,3,8-10,13H2,1-2H3. The SMILES string of the molecule is CCN(CCN)Cc1ccccc1C. The Morgan fingerprint density at radius 1 is 1.29 bits per heavy atom. The van der Waals surface area contributed by atoms with Crippen LogP contribution >= 0.6 is 0 Å². The first kappa shape index (κ1) is 11.2. The summed E-state index contributed by atoms with van der Waals surface area (Å²) in [5, 5.41) is 0. The molecule has 2 nitrogen and oxygen atoms in total. The molecule has 0 fully saturated rings. The molecule has 0 saturated heterocycles. The van der Waals surface area contributed by atoms with E-state index in [-0.39, 0.29) is 0 Å². The van der Waals surface area contributed by atoms with Gasteiger partial charge in [0.2, 0.25) is 0 Å². The third-order valence-electron chi connectivity index (χ3n) is 2.55. The van der Waals surface area contributed by atoms with Crippen molar-refractivity contribution in [2.75, 3.05) is 19.6 Å². The molecule has 0 radical (unpaired) electrons. The Hall–Kier alpha value is -0.860. The van der Waals surface area contributed by atoms with Crippen LogP contribution in [0.15, 0.2) is 24.3 Å². The second kappa shape index (κ2) is 5.78. The number of aryl methyl sites for hydroxylation is 1. The van der Waals surface area contributed by atoms with E-state index in [1.54, 1.807) is 0 Å². The Bertz CT molecular complexity index is 271. The van der Waals surface area contributed by atoms with Crippen molar-refractivity contribution in [3.8, 4) is 0 Å². The number of nitrogens with two attached hydrogens (primary N) is 1. The molecule has 0 amide bonds. The molecular formula is C12H20N2. The normalized spacial score (nSPS) is 10.9. The van der Waals surface area contributed by atoms with E-state index < -0.39 is 0 Å². The molecule has 0 aliphatic heterocycles. The maximum atomic E-state index is 5.56. The van der Waals surface area contributed by atoms with E-state index >= 15 is 0 Å². The zero-order chi connectivity index (χ0) is 10.4. The number of likely N-dealkylation sites (N-methyl/N-ethyl adjacent to an activating group) is 1. The molecule has 1 aromatic rings. The third kappa shape index (κ3) is 3.13. The van der Waals surface area contributed by atoms with Crippen LogP contribution in [-0.4, -0.2) is 24.5 Å². The van der Waals surface area contributed by atoms with Crippen molar-refractivity contribution in [1.82, 2.24) is 4.90 Å². The molecule has 0 aliphatic carbocycles. The van der Waals surface area contributed by atoms with Gasteiger partial charge in [0, 0.05) is 19.6 Å². The van der Waals surface area contributed by atoms with Crippen molar-refractivity contribution in [2.24, 2.45) is 5.73 Å². The van der Waals surface area contributed by atoms with Gasteiger partial charge >= 0.3 is 0 Å². The molecule has 0 unspecified atom stereocenters. The molecular weight excluding hydrogens is 172 g/mol. The minimum atomic E-state index is 0.736. The van der Waals surface area contributed by atoms with Crippen LogP contribution in [0.1, 0.15) is 18.1 Å². The van der Waals surface area contributed by atoms with Crippen molar-refractivity contribution >= 4 is 0 Å². The molecule has 2 heteroatoms. The van der Waals surface area contributed by atoms with Gasteiger partial charge in [-0.2, -0.15) is 0 Å². The summed E-state index contributed by atoms with van der Waals surface area (Å²) in [5.41, 5.74) is 8.32. The molecule has 2 N–H and O–H groups in total. The summed E-state index contributed by atoms with van der Waals surface area (Å²) < 4.78 is 0. The average Bonchev–Trinajstić information content (AvgIpc) is 2.20. The van der Waals surface area contributed by atoms with Gasteiger partial charge in [-0.25, -0.2) is 0 Å². The molecule has 0 bridgehead atoms. The van der Waals surface area contributed by atoms with Gasteiger partial charge in [0.1, 0.15) is 0 Å². The van der Waals surface area contributed by atoms with Gasteiger partial charge in [0.15, 0.2) is 0 Å². The van der Waals surface area contributed by atoms with Crippen LogP contribution < -0.4 is 5.73 Å². The van der Waals surface area contributed by atoms with E-state index in [9.17, 15) is 0 Å². The molecule has 0 atom stereocenters. The summed E-state index contributed by atoms with van der Waals surface area (Å²) >= 11 is 0. The van der Waals surface area contributed by atoms with Crippen LogP contribution in [0.2, 0.25) is 0 Å². The van der Waals surface area contributed by atoms with Gasteiger partial charge in [0.25, 0.3) is 0 Å². The van der Waals surface area contributed by atoms with Crippen LogP contribution in [0.25, 0.3) is 0 Å². The van der Waals surface area contributed by atoms with E-state index in [4.69, 9.17) is 5.73 Å². The fourth-order valence-electron chi connectivity index (χ4n) is 1.56. The molecule has 1 rings (SSSR count). The molecule has 0 spiro atoms. The Morgan fingerprint density at radius 3 is 2.57 bits per heavy atom. The van der Waals surface area contributed by atoms with Crippen molar-refractivity contribution in [3.05, 3.63) is 35.4 Å². The van der Waals surface area contributed by atoms with Gasteiger partial charge in [-0.1, -0.05) is 31.2 Å². The fraction of sp³-hybridized carbons (Fsp3) is 0.500. The number of hydrogen-bond donors (Lipinski definition) is 1. The Labute approximate surface area is 86.7 Å². The highest BCUT2D eigenvalue weighted by Crippen LogP contribution is 2.09. The van der Waals surface area contributed by atoms with Gasteiger partial charge in [0.05, 0.1) is 0 Å². The monoisotopic (exact) mass is 192 g/mol. The molecule has 1 aromatic carbocycles. The first-order chi connectivity index (χ1) is 6.77. The summed E-state index contributed by atoms with van der Waals surface area (Å²) in [5.74, 6) is 0. The van der Waals surface area contributed by atoms with Crippen molar-refractivity contribution < 1.29 is 0 Å². The van der Waals surface area contributed by atoms with E-state index in [2.05, 4.69) is 43.0 Å². The highest BCUT2D eigenvalue weighted by molar-refractivity contribution is 5.25. The van der Waals surface area contributed by atoms with E-state index in [0.717, 1.165) is 26.2 Å². The molecule has 0 heterocycles. The number of rotatable bonds is 5. The lowest BCUT2D eigenvalue weighted by molar-refractivity contribution is 0.287. The summed E-state index contributed by atoms with van der Waals surface area (Å²) in [4.78, 5) is 2.36. The molecule has 14 heavy (non-hydrogen) atoms. The Kier molecular flexibility index (Phi) is 4.63. The summed E-state index contributed by atoms with van der Waals surface area (Å²) in [6.45, 7) is 8.12. The van der Waals surface area contributed by atoms with E-state index in [1.165, 1.54) is 11.1 Å². The largest absolute Gasteiger partial charge is 0.329 e. The maximum absolute atomic E-state index is 5.56. The Balaban J connectivity index is 2.62. The van der Waals surface area contributed by atoms with Crippen LogP contribution in [0.5, 0.6) is 0 Å². The van der Waals surface area contributed by atoms with Gasteiger partial charge in [-0.05, 0) is 24.6 Å². The van der Waals surface area contributed by atoms with E-state index in [1.807, 2.05) is 0 Å². The lowest BCUT2D eigenvalue weighted by Crippen LogP contribution is -2.29. The summed E-state index contributed by atoms with van der Waals surface area (Å²) in [7, 11) is 0. The summed E-state index contributed by atoms with van der Waals surface area (Å²) in [6, 6.07) is 8.52. The van der Waals surface area contributed by atoms with Crippen molar-refractivity contribution in [1.29, 1.82) is 0 Å². The van der Waals surface area contributed by atoms with Crippen molar-refractivity contribution in [3.63, 3.8) is 0 Å². The second-order valence-electron chi connectivity index (χ2n) is 3.58. The summed E-state index contributed by atoms with van der Waals surface area (Å²) in [6.07, 6.45) is 0. The zero-order valence-electron chi connectivity index (χ0n) is 9.16. The average molecular weight is 192 g/mol. The van der Waals surface area contributed by atoms with Crippen LogP contribution in [0, 0.1) is 6.92 Å². The second-order valence-corrected chi connectivity index (χ2v) is 3.58. The number of benzene rings is 1. The molecule has 0 saturated carbocycles. The predicted molar refractivity (Wildman–Crippen MR) is 61.2 cm³/mol. The Morgan fingerprint density at radius 2 is 2.00 bits per heavy atom. The predicted octanol–water partition coefficient (Wildman–Crippen LogP) is 1.78. The lowest BCUT2D eigenvalue weighted by Gasteiger charge is -2.20. The molecule has 0 aliphatic rings. The topological polar surface area (TPSA) is 29.3 Å². The molecule has 0 aromatic heterocycles. The number of hydrogen-bond acceptors (Lipinski definition) is 2. The fourth-order valence-corrected chi connectivity index (χ4v) is 1.56. The zero-order valence-corrected chi connectivity index (χ0v) is 9.16. The van der Waals surface area contributed by atoms with Crippen LogP contribution in [-0.2, 0) is 6.54 Å². The van der Waals surface area contributed by atoms with Gasteiger partial charge in [-0.15, -0.1) is 0 Å². The minimum absolute atomic E-state index is 0.736. The first-order valence-electron chi connectivity index (χ1n) is 5.24. The lowest BCUT2D eigenvalue weighted by atomic mass is 10.1. The van der Waals surface area contributed by atoms with Crippen LogP contribution in [0.4, 0.5) is 0 Å². The van der Waals surface area contributed by atoms with Crippen molar-refractivity contribution in [2.45, 2.75) is 20.4 Å². The first-order valence-corrected chi connectivity index (χ1v) is 5.24. The maximum Gasteiger partial charge on any atom is 0.0236 e. The smallest absolute Gasteiger partial charge is 0.0236 e. The van der Waals surface area contributed by atoms with Gasteiger partial charge in [-0.3, -0.25) is 4.90 Å². The van der Waals surface area contributed by atoms with Crippen LogP contribution in [0.3, 0.4) is 0 Å². The quantitative estimate of drug-likeness (QED) is 0.770. The minimum Gasteiger partial charge on any atom is -0.329 e. The number of nitrogens with zero attached hydrogens (tertiary/aromatic N) is 1. The highest BCUT2D eigenvalue weighted by Gasteiger charge is 2.03. The molecule has 78 valence electrons.